The van der Waals surface area contributed by atoms with Crippen LogP contribution < -0.4 is 4.74 Å². The number of likely N-dealkylation sites (tertiary alicyclic amines) is 1. The average molecular weight is 450 g/mol. The van der Waals surface area contributed by atoms with Crippen LogP contribution >= 0.6 is 0 Å². The van der Waals surface area contributed by atoms with Gasteiger partial charge in [0.1, 0.15) is 11.3 Å². The van der Waals surface area contributed by atoms with Crippen LogP contribution in [0.5, 0.6) is 5.75 Å². The highest BCUT2D eigenvalue weighted by Gasteiger charge is 2.35. The van der Waals surface area contributed by atoms with Crippen LogP contribution in [0.3, 0.4) is 0 Å². The van der Waals surface area contributed by atoms with Crippen LogP contribution in [-0.2, 0) is 20.9 Å². The van der Waals surface area contributed by atoms with E-state index < -0.39 is 30.3 Å². The molecule has 9 nitrogen and oxygen atoms in total. The Morgan fingerprint density at radius 3 is 2.30 bits per heavy atom. The van der Waals surface area contributed by atoms with Crippen molar-refractivity contribution in [2.45, 2.75) is 26.3 Å². The summed E-state index contributed by atoms with van der Waals surface area (Å²) in [4.78, 5) is 64.1. The van der Waals surface area contributed by atoms with Gasteiger partial charge in [0.15, 0.2) is 6.61 Å². The number of hydrogen-bond acceptors (Lipinski definition) is 7. The number of fused-ring (bicyclic) bond motifs is 1. The highest BCUT2D eigenvalue weighted by Crippen LogP contribution is 2.27. The number of esters is 1. The minimum atomic E-state index is -0.803. The molecule has 170 valence electrons. The first-order valence-electron chi connectivity index (χ1n) is 10.6. The van der Waals surface area contributed by atoms with Gasteiger partial charge in [-0.1, -0.05) is 18.2 Å². The van der Waals surface area contributed by atoms with E-state index in [0.29, 0.717) is 42.7 Å². The van der Waals surface area contributed by atoms with Crippen molar-refractivity contribution in [1.29, 1.82) is 0 Å². The van der Waals surface area contributed by atoms with Crippen LogP contribution in [-0.4, -0.2) is 59.2 Å². The van der Waals surface area contributed by atoms with E-state index in [-0.39, 0.29) is 23.8 Å². The van der Waals surface area contributed by atoms with E-state index in [0.717, 1.165) is 9.80 Å². The van der Waals surface area contributed by atoms with Crippen molar-refractivity contribution in [2.24, 2.45) is 0 Å². The smallest absolute Gasteiger partial charge is 0.342 e. The van der Waals surface area contributed by atoms with Gasteiger partial charge in [-0.3, -0.25) is 29.0 Å². The van der Waals surface area contributed by atoms with E-state index in [1.54, 1.807) is 43.3 Å². The zero-order chi connectivity index (χ0) is 23.5. The van der Waals surface area contributed by atoms with E-state index >= 15 is 0 Å². The molecule has 1 saturated heterocycles. The molecule has 0 bridgehead atoms. The van der Waals surface area contributed by atoms with Gasteiger partial charge in [-0.2, -0.15) is 0 Å². The first-order chi connectivity index (χ1) is 15.9. The normalized spacial score (nSPS) is 15.1. The molecule has 0 aliphatic carbocycles. The number of carbonyl (C=O) groups excluding carboxylic acids is 5. The Morgan fingerprint density at radius 1 is 1.00 bits per heavy atom. The fourth-order valence-corrected chi connectivity index (χ4v) is 3.88. The Balaban J connectivity index is 1.50. The maximum atomic E-state index is 12.7. The molecule has 2 aliphatic rings. The van der Waals surface area contributed by atoms with E-state index in [2.05, 4.69) is 0 Å². The Bertz CT molecular complexity index is 1120. The molecule has 9 heteroatoms. The summed E-state index contributed by atoms with van der Waals surface area (Å²) in [5, 5.41) is 0. The molecule has 0 unspecified atom stereocenters. The summed E-state index contributed by atoms with van der Waals surface area (Å²) in [6.07, 6.45) is 0.890. The molecule has 0 saturated carbocycles. The molecule has 0 atom stereocenters. The first kappa shape index (κ1) is 22.2. The lowest BCUT2D eigenvalue weighted by Crippen LogP contribution is -2.35. The number of benzene rings is 2. The Labute approximate surface area is 189 Å². The molecule has 0 radical (unpaired) electrons. The van der Waals surface area contributed by atoms with Crippen molar-refractivity contribution >= 4 is 29.6 Å². The molecule has 2 aromatic carbocycles. The molecule has 1 fully saturated rings. The lowest BCUT2D eigenvalue weighted by molar-refractivity contribution is -0.143. The predicted octanol–water partition coefficient (Wildman–Crippen LogP) is 2.19. The summed E-state index contributed by atoms with van der Waals surface area (Å²) < 4.78 is 10.6. The minimum absolute atomic E-state index is 0.0414. The lowest BCUT2D eigenvalue weighted by Gasteiger charge is -2.17. The Hall–Kier alpha value is -4.01. The lowest BCUT2D eigenvalue weighted by atomic mass is 10.1. The minimum Gasteiger partial charge on any atom is -0.493 e. The van der Waals surface area contributed by atoms with Crippen molar-refractivity contribution in [3.05, 3.63) is 64.7 Å². The number of hydrogen-bond donors (Lipinski definition) is 0. The van der Waals surface area contributed by atoms with Crippen LogP contribution in [0.15, 0.2) is 42.5 Å². The molecule has 0 aromatic heterocycles. The van der Waals surface area contributed by atoms with Gasteiger partial charge in [0, 0.05) is 13.0 Å². The van der Waals surface area contributed by atoms with E-state index in [9.17, 15) is 24.0 Å². The number of carbonyl (C=O) groups is 5. The van der Waals surface area contributed by atoms with Crippen LogP contribution in [0.25, 0.3) is 0 Å². The molecule has 4 amide bonds. The van der Waals surface area contributed by atoms with Gasteiger partial charge in [-0.15, -0.1) is 0 Å². The van der Waals surface area contributed by atoms with E-state index in [4.69, 9.17) is 9.47 Å². The number of ether oxygens (including phenoxy) is 2. The van der Waals surface area contributed by atoms with Crippen LogP contribution in [0.2, 0.25) is 0 Å². The topological polar surface area (TPSA) is 110 Å². The summed E-state index contributed by atoms with van der Waals surface area (Å²) in [5.41, 5.74) is 1.25. The SMILES string of the molecule is CCOc1ccc(CN2C(=O)c3ccccc3C2=O)cc1C(=O)OCC(=O)N1CCCC1=O. The van der Waals surface area contributed by atoms with Gasteiger partial charge in [0.2, 0.25) is 5.91 Å². The molecule has 0 spiro atoms. The summed E-state index contributed by atoms with van der Waals surface area (Å²) >= 11 is 0. The van der Waals surface area contributed by atoms with Crippen molar-refractivity contribution in [1.82, 2.24) is 9.80 Å². The van der Waals surface area contributed by atoms with Crippen molar-refractivity contribution in [3.63, 3.8) is 0 Å². The van der Waals surface area contributed by atoms with Crippen LogP contribution in [0, 0.1) is 0 Å². The molecule has 0 N–H and O–H groups in total. The Morgan fingerprint density at radius 2 is 1.70 bits per heavy atom. The summed E-state index contributed by atoms with van der Waals surface area (Å²) in [6, 6.07) is 11.3. The highest BCUT2D eigenvalue weighted by atomic mass is 16.5. The number of nitrogens with zero attached hydrogens (tertiary/aromatic N) is 2. The summed E-state index contributed by atoms with van der Waals surface area (Å²) in [7, 11) is 0. The highest BCUT2D eigenvalue weighted by molar-refractivity contribution is 6.21. The third kappa shape index (κ3) is 4.34. The zero-order valence-electron chi connectivity index (χ0n) is 18.0. The number of amides is 4. The maximum Gasteiger partial charge on any atom is 0.342 e. The molecule has 33 heavy (non-hydrogen) atoms. The monoisotopic (exact) mass is 450 g/mol. The van der Waals surface area contributed by atoms with Gasteiger partial charge in [-0.25, -0.2) is 4.79 Å². The van der Waals surface area contributed by atoms with Gasteiger partial charge in [0.05, 0.1) is 24.3 Å². The fourth-order valence-electron chi connectivity index (χ4n) is 3.88. The predicted molar refractivity (Wildman–Crippen MR) is 114 cm³/mol. The third-order valence-corrected chi connectivity index (χ3v) is 5.48. The first-order valence-corrected chi connectivity index (χ1v) is 10.6. The molecule has 4 rings (SSSR count). The quantitative estimate of drug-likeness (QED) is 0.470. The molecular weight excluding hydrogens is 428 g/mol. The fraction of sp³-hybridized carbons (Fsp3) is 0.292. The molecule has 2 heterocycles. The largest absolute Gasteiger partial charge is 0.493 e. The molecular formula is C24H22N2O7. The van der Waals surface area contributed by atoms with Gasteiger partial charge in [-0.05, 0) is 43.2 Å². The number of imide groups is 2. The molecule has 2 aliphatic heterocycles. The van der Waals surface area contributed by atoms with Gasteiger partial charge >= 0.3 is 5.97 Å². The summed E-state index contributed by atoms with van der Waals surface area (Å²) in [5.74, 6) is -2.23. The average Bonchev–Trinajstić information content (AvgIpc) is 3.35. The second kappa shape index (κ2) is 9.23. The zero-order valence-corrected chi connectivity index (χ0v) is 18.0. The van der Waals surface area contributed by atoms with Crippen LogP contribution in [0.1, 0.15) is 56.4 Å². The second-order valence-corrected chi connectivity index (χ2v) is 7.62. The van der Waals surface area contributed by atoms with Crippen LogP contribution in [0.4, 0.5) is 0 Å². The maximum absolute atomic E-state index is 12.7. The van der Waals surface area contributed by atoms with Crippen molar-refractivity contribution in [2.75, 3.05) is 19.8 Å². The third-order valence-electron chi connectivity index (χ3n) is 5.48. The number of rotatable bonds is 7. The summed E-state index contributed by atoms with van der Waals surface area (Å²) in [6.45, 7) is 1.75. The van der Waals surface area contributed by atoms with E-state index in [1.807, 2.05) is 0 Å². The van der Waals surface area contributed by atoms with E-state index in [1.165, 1.54) is 6.07 Å². The molecule has 2 aromatic rings. The standard InChI is InChI=1S/C24H22N2O7/c1-2-32-19-10-9-15(13-26-22(29)16-6-3-4-7-17(16)23(26)30)12-18(19)24(31)33-14-21(28)25-11-5-8-20(25)27/h3-4,6-7,9-10,12H,2,5,8,11,13-14H2,1H3. The van der Waals surface area contributed by atoms with Crippen molar-refractivity contribution in [3.8, 4) is 5.75 Å². The van der Waals surface area contributed by atoms with Crippen molar-refractivity contribution < 1.29 is 33.4 Å². The van der Waals surface area contributed by atoms with Gasteiger partial charge in [0.25, 0.3) is 17.7 Å². The Kier molecular flexibility index (Phi) is 6.21. The second-order valence-electron chi connectivity index (χ2n) is 7.62. The van der Waals surface area contributed by atoms with Gasteiger partial charge < -0.3 is 9.47 Å².